The number of benzene rings is 1. The van der Waals surface area contributed by atoms with E-state index in [2.05, 4.69) is 5.32 Å². The standard InChI is InChI=1S/C16H22N2O6S/c1-3-15(19)24-12(2)16(20)17-13-5-4-6-14(11-13)25(21,22)18-7-9-23-10-8-18/h4-6,11-12H,3,7-10H2,1-2H3,(H,17,20). The van der Waals surface area contributed by atoms with E-state index in [0.717, 1.165) is 0 Å². The highest BCUT2D eigenvalue weighted by molar-refractivity contribution is 7.89. The summed E-state index contributed by atoms with van der Waals surface area (Å²) >= 11 is 0. The Kier molecular flexibility index (Phi) is 6.51. The van der Waals surface area contributed by atoms with E-state index in [1.54, 1.807) is 19.1 Å². The van der Waals surface area contributed by atoms with Gasteiger partial charge in [-0.3, -0.25) is 9.59 Å². The zero-order valence-corrected chi connectivity index (χ0v) is 15.0. The number of ether oxygens (including phenoxy) is 2. The Morgan fingerprint density at radius 2 is 2.00 bits per heavy atom. The van der Waals surface area contributed by atoms with Crippen LogP contribution in [-0.4, -0.2) is 57.0 Å². The van der Waals surface area contributed by atoms with Gasteiger partial charge in [-0.1, -0.05) is 13.0 Å². The Balaban J connectivity index is 2.10. The number of morpholine rings is 1. The summed E-state index contributed by atoms with van der Waals surface area (Å²) in [7, 11) is -3.65. The molecule has 1 fully saturated rings. The summed E-state index contributed by atoms with van der Waals surface area (Å²) in [6.45, 7) is 4.39. The number of nitrogens with zero attached hydrogens (tertiary/aromatic N) is 1. The minimum Gasteiger partial charge on any atom is -0.453 e. The number of esters is 1. The summed E-state index contributed by atoms with van der Waals surface area (Å²) in [6.07, 6.45) is -0.794. The summed E-state index contributed by atoms with van der Waals surface area (Å²) < 4.78 is 36.7. The van der Waals surface area contributed by atoms with Crippen LogP contribution in [0.4, 0.5) is 5.69 Å². The highest BCUT2D eigenvalue weighted by atomic mass is 32.2. The summed E-state index contributed by atoms with van der Waals surface area (Å²) in [5.74, 6) is -1.01. The molecular formula is C16H22N2O6S. The van der Waals surface area contributed by atoms with Crippen molar-refractivity contribution in [3.05, 3.63) is 24.3 Å². The van der Waals surface area contributed by atoms with Gasteiger partial charge in [0.25, 0.3) is 5.91 Å². The molecule has 1 aromatic carbocycles. The maximum absolute atomic E-state index is 12.6. The Hall–Kier alpha value is -1.97. The molecule has 25 heavy (non-hydrogen) atoms. The number of hydrogen-bond acceptors (Lipinski definition) is 6. The average molecular weight is 370 g/mol. The van der Waals surface area contributed by atoms with E-state index in [1.165, 1.54) is 23.4 Å². The zero-order chi connectivity index (χ0) is 18.4. The number of hydrogen-bond donors (Lipinski definition) is 1. The maximum Gasteiger partial charge on any atom is 0.306 e. The van der Waals surface area contributed by atoms with Crippen LogP contribution in [0.15, 0.2) is 29.2 Å². The molecule has 138 valence electrons. The van der Waals surface area contributed by atoms with Gasteiger partial charge in [0.2, 0.25) is 10.0 Å². The molecule has 9 heteroatoms. The second-order valence-corrected chi connectivity index (χ2v) is 7.46. The predicted octanol–water partition coefficient (Wildman–Crippen LogP) is 0.988. The highest BCUT2D eigenvalue weighted by Gasteiger charge is 2.26. The summed E-state index contributed by atoms with van der Waals surface area (Å²) in [4.78, 5) is 23.4. The first-order chi connectivity index (χ1) is 11.8. The number of rotatable bonds is 6. The summed E-state index contributed by atoms with van der Waals surface area (Å²) in [6, 6.07) is 5.98. The predicted molar refractivity (Wildman–Crippen MR) is 90.5 cm³/mol. The molecule has 0 saturated carbocycles. The average Bonchev–Trinajstić information content (AvgIpc) is 2.62. The van der Waals surface area contributed by atoms with Crippen molar-refractivity contribution in [3.63, 3.8) is 0 Å². The van der Waals surface area contributed by atoms with E-state index >= 15 is 0 Å². The number of amides is 1. The third-order valence-electron chi connectivity index (χ3n) is 3.68. The Bertz CT molecular complexity index is 728. The van der Waals surface area contributed by atoms with Gasteiger partial charge < -0.3 is 14.8 Å². The largest absolute Gasteiger partial charge is 0.453 e. The van der Waals surface area contributed by atoms with E-state index in [0.29, 0.717) is 32.0 Å². The minimum absolute atomic E-state index is 0.0883. The molecule has 8 nitrogen and oxygen atoms in total. The van der Waals surface area contributed by atoms with Crippen LogP contribution in [0.3, 0.4) is 0 Å². The van der Waals surface area contributed by atoms with Crippen LogP contribution in [0.2, 0.25) is 0 Å². The number of nitrogens with one attached hydrogen (secondary N) is 1. The van der Waals surface area contributed by atoms with Crippen molar-refractivity contribution < 1.29 is 27.5 Å². The van der Waals surface area contributed by atoms with Crippen molar-refractivity contribution in [2.45, 2.75) is 31.3 Å². The first-order valence-electron chi connectivity index (χ1n) is 8.03. The Labute approximate surface area is 147 Å². The molecule has 1 amide bonds. The van der Waals surface area contributed by atoms with Crippen LogP contribution >= 0.6 is 0 Å². The van der Waals surface area contributed by atoms with E-state index in [1.807, 2.05) is 0 Å². The van der Waals surface area contributed by atoms with Gasteiger partial charge in [-0.25, -0.2) is 8.42 Å². The van der Waals surface area contributed by atoms with Gasteiger partial charge in [0.1, 0.15) is 0 Å². The molecule has 1 heterocycles. The molecule has 1 saturated heterocycles. The van der Waals surface area contributed by atoms with Crippen molar-refractivity contribution in [3.8, 4) is 0 Å². The molecular weight excluding hydrogens is 348 g/mol. The molecule has 1 N–H and O–H groups in total. The van der Waals surface area contributed by atoms with Crippen LogP contribution in [0.25, 0.3) is 0 Å². The van der Waals surface area contributed by atoms with Crippen LogP contribution in [0.1, 0.15) is 20.3 Å². The van der Waals surface area contributed by atoms with Crippen molar-refractivity contribution in [1.29, 1.82) is 0 Å². The lowest BCUT2D eigenvalue weighted by Gasteiger charge is -2.26. The van der Waals surface area contributed by atoms with Crippen molar-refractivity contribution in [1.82, 2.24) is 4.31 Å². The third kappa shape index (κ3) is 5.00. The van der Waals surface area contributed by atoms with Crippen LogP contribution < -0.4 is 5.32 Å². The fraction of sp³-hybridized carbons (Fsp3) is 0.500. The number of sulfonamides is 1. The summed E-state index contributed by atoms with van der Waals surface area (Å²) in [5, 5.41) is 2.56. The van der Waals surface area contributed by atoms with Crippen LogP contribution in [0, 0.1) is 0 Å². The topological polar surface area (TPSA) is 102 Å². The van der Waals surface area contributed by atoms with Crippen molar-refractivity contribution >= 4 is 27.6 Å². The second kappa shape index (κ2) is 8.41. The number of carbonyl (C=O) groups excluding carboxylic acids is 2. The zero-order valence-electron chi connectivity index (χ0n) is 14.2. The quantitative estimate of drug-likeness (QED) is 0.749. The highest BCUT2D eigenvalue weighted by Crippen LogP contribution is 2.20. The fourth-order valence-corrected chi connectivity index (χ4v) is 3.70. The van der Waals surface area contributed by atoms with Crippen LogP contribution in [-0.2, 0) is 29.1 Å². The van der Waals surface area contributed by atoms with E-state index in [-0.39, 0.29) is 11.3 Å². The van der Waals surface area contributed by atoms with Crippen molar-refractivity contribution in [2.75, 3.05) is 31.6 Å². The van der Waals surface area contributed by atoms with E-state index < -0.39 is 28.0 Å². The van der Waals surface area contributed by atoms with Gasteiger partial charge in [0, 0.05) is 25.2 Å². The van der Waals surface area contributed by atoms with Gasteiger partial charge in [0.05, 0.1) is 18.1 Å². The molecule has 0 radical (unpaired) electrons. The molecule has 1 aromatic rings. The molecule has 2 rings (SSSR count). The second-order valence-electron chi connectivity index (χ2n) is 5.52. The van der Waals surface area contributed by atoms with E-state index in [9.17, 15) is 18.0 Å². The van der Waals surface area contributed by atoms with E-state index in [4.69, 9.17) is 9.47 Å². The molecule has 0 bridgehead atoms. The molecule has 1 atom stereocenters. The van der Waals surface area contributed by atoms with Gasteiger partial charge in [-0.15, -0.1) is 0 Å². The SMILES string of the molecule is CCC(=O)OC(C)C(=O)Nc1cccc(S(=O)(=O)N2CCOCC2)c1. The van der Waals surface area contributed by atoms with Gasteiger partial charge in [-0.05, 0) is 25.1 Å². The van der Waals surface area contributed by atoms with Crippen LogP contribution in [0.5, 0.6) is 0 Å². The third-order valence-corrected chi connectivity index (χ3v) is 5.57. The van der Waals surface area contributed by atoms with Crippen molar-refractivity contribution in [2.24, 2.45) is 0 Å². The first-order valence-corrected chi connectivity index (χ1v) is 9.47. The normalized spacial score (nSPS) is 16.9. The molecule has 0 aliphatic carbocycles. The Morgan fingerprint density at radius 3 is 2.64 bits per heavy atom. The lowest BCUT2D eigenvalue weighted by molar-refractivity contribution is -0.152. The smallest absolute Gasteiger partial charge is 0.306 e. The maximum atomic E-state index is 12.6. The monoisotopic (exact) mass is 370 g/mol. The first kappa shape index (κ1) is 19.4. The minimum atomic E-state index is -3.65. The number of carbonyl (C=O) groups is 2. The Morgan fingerprint density at radius 1 is 1.32 bits per heavy atom. The molecule has 0 aromatic heterocycles. The molecule has 0 spiro atoms. The van der Waals surface area contributed by atoms with Gasteiger partial charge >= 0.3 is 5.97 Å². The molecule has 1 unspecified atom stereocenters. The van der Waals surface area contributed by atoms with Gasteiger partial charge in [-0.2, -0.15) is 4.31 Å². The lowest BCUT2D eigenvalue weighted by atomic mass is 10.3. The molecule has 1 aliphatic rings. The molecule has 1 aliphatic heterocycles. The lowest BCUT2D eigenvalue weighted by Crippen LogP contribution is -2.40. The van der Waals surface area contributed by atoms with Gasteiger partial charge in [0.15, 0.2) is 6.10 Å². The fourth-order valence-electron chi connectivity index (χ4n) is 2.25. The summed E-state index contributed by atoms with van der Waals surface area (Å²) in [5.41, 5.74) is 0.318. The number of anilines is 1.